The zero-order valence-corrected chi connectivity index (χ0v) is 19.5. The van der Waals surface area contributed by atoms with Gasteiger partial charge >= 0.3 is 6.09 Å². The maximum atomic E-state index is 11.3. The Bertz CT molecular complexity index is 744. The van der Waals surface area contributed by atoms with E-state index in [1.807, 2.05) is 24.3 Å². The number of aliphatic hydroxyl groups excluding tert-OH is 4. The van der Waals surface area contributed by atoms with Gasteiger partial charge in [0.1, 0.15) is 36.8 Å². The number of aliphatic hydroxyl groups is 4. The van der Waals surface area contributed by atoms with Crippen LogP contribution in [0.15, 0.2) is 24.3 Å². The number of benzene rings is 1. The lowest BCUT2D eigenvalue weighted by Crippen LogP contribution is -2.60. The molecule has 2 aliphatic rings. The van der Waals surface area contributed by atoms with Gasteiger partial charge in [-0.15, -0.1) is 0 Å². The van der Waals surface area contributed by atoms with Crippen molar-refractivity contribution in [3.63, 3.8) is 0 Å². The second kappa shape index (κ2) is 13.2. The third-order valence-corrected chi connectivity index (χ3v) is 6.33. The van der Waals surface area contributed by atoms with Crippen LogP contribution in [-0.2, 0) is 20.6 Å². The highest BCUT2D eigenvalue weighted by Gasteiger charge is 2.45. The minimum absolute atomic E-state index is 0.180. The van der Waals surface area contributed by atoms with Crippen LogP contribution < -0.4 is 10.1 Å². The minimum atomic E-state index is -1.45. The summed E-state index contributed by atoms with van der Waals surface area (Å²) in [5.74, 6) is 0.897. The fraction of sp³-hybridized carbons (Fsp3) is 0.708. The molecule has 34 heavy (non-hydrogen) atoms. The molecule has 0 unspecified atom stereocenters. The van der Waals surface area contributed by atoms with Crippen LogP contribution in [0.5, 0.6) is 5.75 Å². The van der Waals surface area contributed by atoms with Gasteiger partial charge in [-0.05, 0) is 49.8 Å². The number of ether oxygens (including phenoxy) is 4. The van der Waals surface area contributed by atoms with E-state index in [-0.39, 0.29) is 12.0 Å². The maximum absolute atomic E-state index is 11.3. The van der Waals surface area contributed by atoms with Crippen molar-refractivity contribution in [3.8, 4) is 5.75 Å². The summed E-state index contributed by atoms with van der Waals surface area (Å²) in [6.45, 7) is 2.26. The predicted molar refractivity (Wildman–Crippen MR) is 121 cm³/mol. The standard InChI is InChI=1S/C24H37NO9/c1-2-31-24(30)25-11-12-32-17-9-7-15(8-10-17)13-16-5-3-4-6-18(16)33-23-22(29)21(28)20(27)19(14-26)34-23/h7-10,16,18-23,26-29H,2-6,11-14H2,1H3,(H,25,30)/t16-,18-,19-,20-,21+,22-,23-/m1/s1. The number of carbonyl (C=O) groups excluding carboxylic acids is 1. The molecule has 1 saturated heterocycles. The molecule has 0 radical (unpaired) electrons. The lowest BCUT2D eigenvalue weighted by molar-refractivity contribution is -0.316. The van der Waals surface area contributed by atoms with Crippen molar-refractivity contribution in [2.45, 2.75) is 75.8 Å². The van der Waals surface area contributed by atoms with Crippen LogP contribution in [-0.4, -0.2) is 89.7 Å². The first-order valence-corrected chi connectivity index (χ1v) is 12.0. The van der Waals surface area contributed by atoms with Gasteiger partial charge in [0.15, 0.2) is 6.29 Å². The third kappa shape index (κ3) is 7.27. The predicted octanol–water partition coefficient (Wildman–Crippen LogP) is 0.729. The zero-order valence-electron chi connectivity index (χ0n) is 19.5. The Hall–Kier alpha value is -1.95. The zero-order chi connectivity index (χ0) is 24.5. The third-order valence-electron chi connectivity index (χ3n) is 6.33. The summed E-state index contributed by atoms with van der Waals surface area (Å²) in [5, 5.41) is 42.3. The van der Waals surface area contributed by atoms with Crippen LogP contribution >= 0.6 is 0 Å². The van der Waals surface area contributed by atoms with Crippen molar-refractivity contribution in [2.24, 2.45) is 5.92 Å². The first-order valence-electron chi connectivity index (χ1n) is 12.0. The summed E-state index contributed by atoms with van der Waals surface area (Å²) in [6.07, 6.45) is -2.38. The second-order valence-electron chi connectivity index (χ2n) is 8.76. The Labute approximate surface area is 199 Å². The molecule has 3 rings (SSSR count). The molecule has 1 amide bonds. The van der Waals surface area contributed by atoms with E-state index in [9.17, 15) is 25.2 Å². The molecule has 2 fully saturated rings. The van der Waals surface area contributed by atoms with Crippen LogP contribution in [0.3, 0.4) is 0 Å². The summed E-state index contributed by atoms with van der Waals surface area (Å²) in [4.78, 5) is 11.3. The second-order valence-corrected chi connectivity index (χ2v) is 8.76. The van der Waals surface area contributed by atoms with Crippen molar-refractivity contribution in [2.75, 3.05) is 26.4 Å². The van der Waals surface area contributed by atoms with Gasteiger partial charge in [-0.25, -0.2) is 4.79 Å². The number of carbonyl (C=O) groups is 1. The Kier molecular flexibility index (Phi) is 10.4. The molecule has 7 atom stereocenters. The molecule has 192 valence electrons. The van der Waals surface area contributed by atoms with Crippen molar-refractivity contribution in [3.05, 3.63) is 29.8 Å². The molecule has 0 bridgehead atoms. The Morgan fingerprint density at radius 1 is 1.09 bits per heavy atom. The van der Waals surface area contributed by atoms with E-state index < -0.39 is 43.4 Å². The van der Waals surface area contributed by atoms with Crippen molar-refractivity contribution in [1.29, 1.82) is 0 Å². The molecule has 1 aliphatic heterocycles. The smallest absolute Gasteiger partial charge is 0.407 e. The van der Waals surface area contributed by atoms with Crippen LogP contribution in [0.4, 0.5) is 4.79 Å². The molecule has 0 aromatic heterocycles. The largest absolute Gasteiger partial charge is 0.492 e. The van der Waals surface area contributed by atoms with Crippen molar-refractivity contribution in [1.82, 2.24) is 5.32 Å². The highest BCUT2D eigenvalue weighted by Crippen LogP contribution is 2.33. The van der Waals surface area contributed by atoms with E-state index in [4.69, 9.17) is 18.9 Å². The van der Waals surface area contributed by atoms with E-state index in [1.165, 1.54) is 0 Å². The summed E-state index contributed by atoms with van der Waals surface area (Å²) in [5.41, 5.74) is 1.12. The number of amides is 1. The van der Waals surface area contributed by atoms with Crippen molar-refractivity contribution < 1.29 is 44.2 Å². The molecule has 10 heteroatoms. The maximum Gasteiger partial charge on any atom is 0.407 e. The molecule has 0 spiro atoms. The van der Waals surface area contributed by atoms with Crippen LogP contribution in [0, 0.1) is 5.92 Å². The van der Waals surface area contributed by atoms with E-state index in [1.54, 1.807) is 6.92 Å². The van der Waals surface area contributed by atoms with Crippen LogP contribution in [0.1, 0.15) is 38.2 Å². The van der Waals surface area contributed by atoms with Gasteiger partial charge in [0.05, 0.1) is 25.9 Å². The van der Waals surface area contributed by atoms with Gasteiger partial charge in [-0.2, -0.15) is 0 Å². The number of hydrogen-bond donors (Lipinski definition) is 5. The molecular weight excluding hydrogens is 446 g/mol. The summed E-state index contributed by atoms with van der Waals surface area (Å²) in [7, 11) is 0. The Morgan fingerprint density at radius 2 is 1.82 bits per heavy atom. The molecule has 1 aliphatic carbocycles. The molecule has 5 N–H and O–H groups in total. The highest BCUT2D eigenvalue weighted by molar-refractivity contribution is 5.66. The molecule has 1 saturated carbocycles. The number of rotatable bonds is 10. The Balaban J connectivity index is 1.51. The lowest BCUT2D eigenvalue weighted by atomic mass is 9.82. The first-order chi connectivity index (χ1) is 16.4. The topological polar surface area (TPSA) is 147 Å². The number of hydrogen-bond acceptors (Lipinski definition) is 9. The van der Waals surface area contributed by atoms with Crippen LogP contribution in [0.2, 0.25) is 0 Å². The lowest BCUT2D eigenvalue weighted by Gasteiger charge is -2.42. The molecule has 10 nitrogen and oxygen atoms in total. The van der Waals surface area contributed by atoms with Gasteiger partial charge in [-0.3, -0.25) is 0 Å². The molecular formula is C24H37NO9. The monoisotopic (exact) mass is 483 g/mol. The molecule has 1 heterocycles. The Morgan fingerprint density at radius 3 is 2.53 bits per heavy atom. The van der Waals surface area contributed by atoms with E-state index in [2.05, 4.69) is 5.32 Å². The minimum Gasteiger partial charge on any atom is -0.492 e. The van der Waals surface area contributed by atoms with Gasteiger partial charge < -0.3 is 44.7 Å². The fourth-order valence-corrected chi connectivity index (χ4v) is 4.47. The molecule has 1 aromatic carbocycles. The van der Waals surface area contributed by atoms with Crippen molar-refractivity contribution >= 4 is 6.09 Å². The van der Waals surface area contributed by atoms with E-state index in [0.29, 0.717) is 25.5 Å². The highest BCUT2D eigenvalue weighted by atomic mass is 16.7. The summed E-state index contributed by atoms with van der Waals surface area (Å²) < 4.78 is 22.1. The van der Waals surface area contributed by atoms with E-state index in [0.717, 1.165) is 37.7 Å². The summed E-state index contributed by atoms with van der Waals surface area (Å²) >= 11 is 0. The number of alkyl carbamates (subject to hydrolysis) is 1. The van der Waals surface area contributed by atoms with E-state index >= 15 is 0 Å². The quantitative estimate of drug-likeness (QED) is 0.304. The van der Waals surface area contributed by atoms with Gasteiger partial charge in [0, 0.05) is 0 Å². The summed E-state index contributed by atoms with van der Waals surface area (Å²) in [6, 6.07) is 7.76. The van der Waals surface area contributed by atoms with Gasteiger partial charge in [0.25, 0.3) is 0 Å². The van der Waals surface area contributed by atoms with Gasteiger partial charge in [-0.1, -0.05) is 25.0 Å². The first kappa shape index (κ1) is 26.7. The SMILES string of the molecule is CCOC(=O)NCCOc1ccc(C[C@H]2CCCC[C@H]2O[C@@H]2O[C@H](CO)[C@@H](O)[C@H](O)[C@H]2O)cc1. The van der Waals surface area contributed by atoms with Gasteiger partial charge in [0.2, 0.25) is 0 Å². The number of nitrogens with one attached hydrogen (secondary N) is 1. The fourth-order valence-electron chi connectivity index (χ4n) is 4.47. The average molecular weight is 484 g/mol. The molecule has 1 aromatic rings. The average Bonchev–Trinajstić information content (AvgIpc) is 2.84. The normalized spacial score (nSPS) is 31.6. The van der Waals surface area contributed by atoms with Crippen LogP contribution in [0.25, 0.3) is 0 Å².